The Morgan fingerprint density at radius 2 is 1.72 bits per heavy atom. The van der Waals surface area contributed by atoms with E-state index in [0.29, 0.717) is 13.1 Å². The minimum absolute atomic E-state index is 0.0140. The highest BCUT2D eigenvalue weighted by Crippen LogP contribution is 2.22. The summed E-state index contributed by atoms with van der Waals surface area (Å²) in [5.41, 5.74) is 0.0140. The summed E-state index contributed by atoms with van der Waals surface area (Å²) >= 11 is 5.78. The van der Waals surface area contributed by atoms with Gasteiger partial charge >= 0.3 is 0 Å². The van der Waals surface area contributed by atoms with Crippen molar-refractivity contribution in [2.24, 2.45) is 0 Å². The van der Waals surface area contributed by atoms with E-state index in [2.05, 4.69) is 4.90 Å². The first kappa shape index (κ1) is 13.2. The number of rotatable bonds is 1. The average Bonchev–Trinajstić information content (AvgIpc) is 2.34. The molecule has 1 heterocycles. The number of likely N-dealkylation sites (N-methyl/N-ethyl adjacent to an activating group) is 1. The van der Waals surface area contributed by atoms with Crippen LogP contribution in [0.4, 0.5) is 8.78 Å². The lowest BCUT2D eigenvalue weighted by molar-refractivity contribution is 0.0663. The SMILES string of the molecule is CN1CCN(C(=O)c2cc(F)c(F)cc2Cl)CC1. The topological polar surface area (TPSA) is 23.6 Å². The Morgan fingerprint density at radius 1 is 1.17 bits per heavy atom. The van der Waals surface area contributed by atoms with Gasteiger partial charge < -0.3 is 9.80 Å². The van der Waals surface area contributed by atoms with Gasteiger partial charge in [-0.3, -0.25) is 4.79 Å². The zero-order valence-corrected chi connectivity index (χ0v) is 10.7. The second kappa shape index (κ2) is 5.20. The van der Waals surface area contributed by atoms with E-state index in [4.69, 9.17) is 11.6 Å². The van der Waals surface area contributed by atoms with Crippen molar-refractivity contribution in [2.45, 2.75) is 0 Å². The van der Waals surface area contributed by atoms with Gasteiger partial charge in [-0.2, -0.15) is 0 Å². The van der Waals surface area contributed by atoms with Gasteiger partial charge in [-0.1, -0.05) is 11.6 Å². The number of hydrogen-bond acceptors (Lipinski definition) is 2. The minimum atomic E-state index is -1.06. The molecule has 0 saturated carbocycles. The number of piperazine rings is 1. The van der Waals surface area contributed by atoms with Crippen molar-refractivity contribution in [1.82, 2.24) is 9.80 Å². The monoisotopic (exact) mass is 274 g/mol. The van der Waals surface area contributed by atoms with Gasteiger partial charge in [-0.15, -0.1) is 0 Å². The maximum Gasteiger partial charge on any atom is 0.255 e. The Labute approximate surface area is 109 Å². The molecule has 0 N–H and O–H groups in total. The molecule has 0 bridgehead atoms. The van der Waals surface area contributed by atoms with E-state index < -0.39 is 11.6 Å². The molecule has 98 valence electrons. The number of carbonyl (C=O) groups excluding carboxylic acids is 1. The van der Waals surface area contributed by atoms with E-state index >= 15 is 0 Å². The van der Waals surface area contributed by atoms with Crippen molar-refractivity contribution < 1.29 is 13.6 Å². The number of nitrogens with zero attached hydrogens (tertiary/aromatic N) is 2. The van der Waals surface area contributed by atoms with E-state index in [1.165, 1.54) is 0 Å². The summed E-state index contributed by atoms with van der Waals surface area (Å²) < 4.78 is 26.1. The number of halogens is 3. The molecule has 0 unspecified atom stereocenters. The van der Waals surface area contributed by atoms with E-state index in [1.807, 2.05) is 7.05 Å². The van der Waals surface area contributed by atoms with Crippen LogP contribution in [0.15, 0.2) is 12.1 Å². The standard InChI is InChI=1S/C12H13ClF2N2O/c1-16-2-4-17(5-3-16)12(18)8-6-10(14)11(15)7-9(8)13/h6-7H,2-5H2,1H3. The summed E-state index contributed by atoms with van der Waals surface area (Å²) in [4.78, 5) is 15.8. The van der Waals surface area contributed by atoms with Crippen LogP contribution >= 0.6 is 11.6 Å². The van der Waals surface area contributed by atoms with Crippen LogP contribution in [-0.2, 0) is 0 Å². The average molecular weight is 275 g/mol. The molecule has 18 heavy (non-hydrogen) atoms. The second-order valence-corrected chi connectivity index (χ2v) is 4.75. The molecule has 2 rings (SSSR count). The first-order valence-corrected chi connectivity index (χ1v) is 5.99. The summed E-state index contributed by atoms with van der Waals surface area (Å²) in [6, 6.07) is 1.69. The molecule has 0 radical (unpaired) electrons. The van der Waals surface area contributed by atoms with E-state index in [-0.39, 0.29) is 16.5 Å². The highest BCUT2D eigenvalue weighted by Gasteiger charge is 2.23. The van der Waals surface area contributed by atoms with Crippen LogP contribution in [0.1, 0.15) is 10.4 Å². The van der Waals surface area contributed by atoms with Crippen LogP contribution in [0.25, 0.3) is 0 Å². The van der Waals surface area contributed by atoms with Gasteiger partial charge in [0.25, 0.3) is 5.91 Å². The van der Waals surface area contributed by atoms with Crippen molar-refractivity contribution >= 4 is 17.5 Å². The Kier molecular flexibility index (Phi) is 3.82. The third kappa shape index (κ3) is 2.62. The first-order chi connectivity index (χ1) is 8.49. The normalized spacial score (nSPS) is 17.0. The molecule has 0 aromatic heterocycles. The molecule has 1 aromatic rings. The van der Waals surface area contributed by atoms with Crippen molar-refractivity contribution in [3.05, 3.63) is 34.4 Å². The minimum Gasteiger partial charge on any atom is -0.336 e. The quantitative estimate of drug-likeness (QED) is 0.732. The number of benzene rings is 1. The second-order valence-electron chi connectivity index (χ2n) is 4.34. The first-order valence-electron chi connectivity index (χ1n) is 5.61. The van der Waals surface area contributed by atoms with Gasteiger partial charge in [-0.25, -0.2) is 8.78 Å². The highest BCUT2D eigenvalue weighted by molar-refractivity contribution is 6.33. The van der Waals surface area contributed by atoms with Crippen molar-refractivity contribution in [3.8, 4) is 0 Å². The van der Waals surface area contributed by atoms with Gasteiger partial charge in [0.05, 0.1) is 10.6 Å². The Balaban J connectivity index is 2.21. The summed E-state index contributed by atoms with van der Waals surface area (Å²) in [7, 11) is 1.96. The number of hydrogen-bond donors (Lipinski definition) is 0. The molecule has 0 spiro atoms. The van der Waals surface area contributed by atoms with Crippen LogP contribution in [0.3, 0.4) is 0 Å². The smallest absolute Gasteiger partial charge is 0.255 e. The Morgan fingerprint density at radius 3 is 2.33 bits per heavy atom. The van der Waals surface area contributed by atoms with Gasteiger partial charge in [0.1, 0.15) is 0 Å². The fraction of sp³-hybridized carbons (Fsp3) is 0.417. The van der Waals surface area contributed by atoms with Crippen LogP contribution in [0.5, 0.6) is 0 Å². The van der Waals surface area contributed by atoms with Crippen molar-refractivity contribution in [1.29, 1.82) is 0 Å². The predicted octanol–water partition coefficient (Wildman–Crippen LogP) is 2.01. The van der Waals surface area contributed by atoms with Crippen LogP contribution in [-0.4, -0.2) is 48.9 Å². The van der Waals surface area contributed by atoms with Crippen LogP contribution < -0.4 is 0 Å². The van der Waals surface area contributed by atoms with E-state index in [1.54, 1.807) is 4.90 Å². The molecule has 6 heteroatoms. The fourth-order valence-corrected chi connectivity index (χ4v) is 2.10. The molecule has 1 saturated heterocycles. The van der Waals surface area contributed by atoms with Gasteiger partial charge in [-0.05, 0) is 19.2 Å². The lowest BCUT2D eigenvalue weighted by Crippen LogP contribution is -2.47. The highest BCUT2D eigenvalue weighted by atomic mass is 35.5. The summed E-state index contributed by atoms with van der Waals surface area (Å²) in [5, 5.41) is -0.0576. The molecule has 0 atom stereocenters. The molecular weight excluding hydrogens is 262 g/mol. The molecular formula is C12H13ClF2N2O. The van der Waals surface area contributed by atoms with Crippen molar-refractivity contribution in [2.75, 3.05) is 33.2 Å². The molecule has 1 aliphatic heterocycles. The third-order valence-electron chi connectivity index (χ3n) is 3.03. The summed E-state index contributed by atoms with van der Waals surface area (Å²) in [6.45, 7) is 2.63. The van der Waals surface area contributed by atoms with Gasteiger partial charge in [0.2, 0.25) is 0 Å². The molecule has 3 nitrogen and oxygen atoms in total. The third-order valence-corrected chi connectivity index (χ3v) is 3.34. The molecule has 1 fully saturated rings. The van der Waals surface area contributed by atoms with Crippen LogP contribution in [0, 0.1) is 11.6 Å². The fourth-order valence-electron chi connectivity index (χ4n) is 1.87. The predicted molar refractivity (Wildman–Crippen MR) is 64.8 cm³/mol. The van der Waals surface area contributed by atoms with Crippen molar-refractivity contribution in [3.63, 3.8) is 0 Å². The number of amides is 1. The largest absolute Gasteiger partial charge is 0.336 e. The zero-order chi connectivity index (χ0) is 13.3. The molecule has 0 aliphatic carbocycles. The molecule has 1 amide bonds. The van der Waals surface area contributed by atoms with E-state index in [9.17, 15) is 13.6 Å². The maximum atomic E-state index is 13.1. The maximum absolute atomic E-state index is 13.1. The van der Waals surface area contributed by atoms with Gasteiger partial charge in [0.15, 0.2) is 11.6 Å². The van der Waals surface area contributed by atoms with Gasteiger partial charge in [0, 0.05) is 26.2 Å². The Bertz CT molecular complexity index is 473. The molecule has 1 aliphatic rings. The van der Waals surface area contributed by atoms with Crippen LogP contribution in [0.2, 0.25) is 5.02 Å². The summed E-state index contributed by atoms with van der Waals surface area (Å²) in [5.74, 6) is -2.46. The zero-order valence-electron chi connectivity index (χ0n) is 9.92. The Hall–Kier alpha value is -1.20. The lowest BCUT2D eigenvalue weighted by atomic mass is 10.1. The molecule has 1 aromatic carbocycles. The summed E-state index contributed by atoms with van der Waals surface area (Å²) in [6.07, 6.45) is 0. The van der Waals surface area contributed by atoms with E-state index in [0.717, 1.165) is 25.2 Å². The number of carbonyl (C=O) groups is 1. The lowest BCUT2D eigenvalue weighted by Gasteiger charge is -2.32.